The number of morpholine rings is 1. The van der Waals surface area contributed by atoms with Crippen molar-refractivity contribution in [2.75, 3.05) is 24.6 Å². The fourth-order valence-electron chi connectivity index (χ4n) is 2.87. The van der Waals surface area contributed by atoms with Crippen molar-refractivity contribution in [3.05, 3.63) is 45.3 Å². The predicted molar refractivity (Wildman–Crippen MR) is 96.8 cm³/mol. The molecule has 3 heterocycles. The molecule has 1 N–H and O–H groups in total. The Morgan fingerprint density at radius 3 is 2.92 bits per heavy atom. The molecule has 6 heteroatoms. The number of carbonyl (C=O) groups is 1. The molecule has 0 aromatic carbocycles. The van der Waals surface area contributed by atoms with Crippen LogP contribution in [0.5, 0.6) is 0 Å². The van der Waals surface area contributed by atoms with Crippen LogP contribution < -0.4 is 10.2 Å². The first-order valence-electron chi connectivity index (χ1n) is 8.19. The normalized spacial score (nSPS) is 17.8. The van der Waals surface area contributed by atoms with E-state index in [0.29, 0.717) is 6.54 Å². The van der Waals surface area contributed by atoms with Crippen LogP contribution in [0.4, 0.5) is 5.82 Å². The monoisotopic (exact) mass is 345 g/mol. The molecule has 0 bridgehead atoms. The van der Waals surface area contributed by atoms with Crippen LogP contribution in [-0.4, -0.2) is 36.7 Å². The van der Waals surface area contributed by atoms with Gasteiger partial charge in [-0.05, 0) is 38.5 Å². The number of nitrogens with one attached hydrogen (secondary N) is 1. The summed E-state index contributed by atoms with van der Waals surface area (Å²) in [4.78, 5) is 21.2. The molecule has 0 radical (unpaired) electrons. The zero-order valence-electron chi connectivity index (χ0n) is 14.3. The predicted octanol–water partition coefficient (Wildman–Crippen LogP) is 2.92. The fraction of sp³-hybridized carbons (Fsp3) is 0.444. The number of nitrogens with zero attached hydrogens (tertiary/aromatic N) is 2. The van der Waals surface area contributed by atoms with Gasteiger partial charge in [-0.25, -0.2) is 4.98 Å². The fourth-order valence-corrected chi connectivity index (χ4v) is 3.79. The van der Waals surface area contributed by atoms with Crippen LogP contribution in [0.3, 0.4) is 0 Å². The molecule has 24 heavy (non-hydrogen) atoms. The van der Waals surface area contributed by atoms with Crippen molar-refractivity contribution in [2.24, 2.45) is 0 Å². The zero-order valence-corrected chi connectivity index (χ0v) is 15.2. The van der Waals surface area contributed by atoms with Crippen LogP contribution in [0.1, 0.15) is 32.6 Å². The summed E-state index contributed by atoms with van der Waals surface area (Å²) in [6, 6.07) is 5.98. The van der Waals surface area contributed by atoms with Crippen LogP contribution in [0.2, 0.25) is 0 Å². The molecule has 2 aromatic heterocycles. The molecule has 1 saturated heterocycles. The quantitative estimate of drug-likeness (QED) is 0.926. The van der Waals surface area contributed by atoms with E-state index in [-0.39, 0.29) is 12.0 Å². The molecule has 0 spiro atoms. The molecule has 1 aliphatic heterocycles. The molecule has 0 unspecified atom stereocenters. The molecular formula is C18H23N3O2S. The van der Waals surface area contributed by atoms with Crippen molar-refractivity contribution in [1.82, 2.24) is 10.3 Å². The van der Waals surface area contributed by atoms with Gasteiger partial charge in [-0.1, -0.05) is 6.07 Å². The van der Waals surface area contributed by atoms with Crippen molar-refractivity contribution < 1.29 is 9.53 Å². The Morgan fingerprint density at radius 1 is 1.46 bits per heavy atom. The number of hydrogen-bond donors (Lipinski definition) is 1. The Bertz CT molecular complexity index is 712. The number of thiophene rings is 1. The van der Waals surface area contributed by atoms with Gasteiger partial charge in [0.1, 0.15) is 5.82 Å². The summed E-state index contributed by atoms with van der Waals surface area (Å²) in [6.07, 6.45) is 2.07. The molecule has 5 nitrogen and oxygen atoms in total. The first-order valence-corrected chi connectivity index (χ1v) is 9.01. The zero-order chi connectivity index (χ0) is 17.1. The van der Waals surface area contributed by atoms with Gasteiger partial charge < -0.3 is 15.0 Å². The van der Waals surface area contributed by atoms with Crippen molar-refractivity contribution >= 4 is 23.1 Å². The van der Waals surface area contributed by atoms with Crippen molar-refractivity contribution in [1.29, 1.82) is 0 Å². The summed E-state index contributed by atoms with van der Waals surface area (Å²) in [5, 5.41) is 2.97. The third-order valence-electron chi connectivity index (χ3n) is 4.11. The molecule has 1 atom stereocenters. The number of pyridine rings is 1. The highest BCUT2D eigenvalue weighted by atomic mass is 32.1. The lowest BCUT2D eigenvalue weighted by atomic mass is 10.2. The van der Waals surface area contributed by atoms with Crippen molar-refractivity contribution in [2.45, 2.75) is 33.4 Å². The molecular weight excluding hydrogens is 322 g/mol. The standard InChI is InChI=1S/C18H23N3O2S/c1-12-11-21(6-7-23-12)17-5-4-15(9-19-17)10-20-18(22)16-8-13(2)24-14(16)3/h4-5,8-9,12H,6-7,10-11H2,1-3H3,(H,20,22)/t12-/m1/s1. The van der Waals surface area contributed by atoms with Crippen molar-refractivity contribution in [3.63, 3.8) is 0 Å². The van der Waals surface area contributed by atoms with E-state index in [1.54, 1.807) is 11.3 Å². The van der Waals surface area contributed by atoms with Gasteiger partial charge >= 0.3 is 0 Å². The Labute approximate surface area is 146 Å². The van der Waals surface area contributed by atoms with Gasteiger partial charge in [-0.2, -0.15) is 0 Å². The number of aromatic nitrogens is 1. The van der Waals surface area contributed by atoms with Crippen LogP contribution in [0, 0.1) is 13.8 Å². The second-order valence-electron chi connectivity index (χ2n) is 6.16. The van der Waals surface area contributed by atoms with Crippen LogP contribution in [-0.2, 0) is 11.3 Å². The van der Waals surface area contributed by atoms with Crippen molar-refractivity contribution in [3.8, 4) is 0 Å². The Morgan fingerprint density at radius 2 is 2.29 bits per heavy atom. The molecule has 1 aliphatic rings. The number of ether oxygens (including phenoxy) is 1. The minimum atomic E-state index is -0.0251. The largest absolute Gasteiger partial charge is 0.375 e. The second-order valence-corrected chi connectivity index (χ2v) is 7.62. The number of amides is 1. The molecule has 0 aliphatic carbocycles. The SMILES string of the molecule is Cc1cc(C(=O)NCc2ccc(N3CCO[C@H](C)C3)nc2)c(C)s1. The van der Waals surface area contributed by atoms with E-state index in [0.717, 1.165) is 46.4 Å². The van der Waals surface area contributed by atoms with E-state index in [1.165, 1.54) is 0 Å². The minimum absolute atomic E-state index is 0.0251. The Balaban J connectivity index is 1.58. The second kappa shape index (κ2) is 7.32. The number of hydrogen-bond acceptors (Lipinski definition) is 5. The smallest absolute Gasteiger partial charge is 0.252 e. The van der Waals surface area contributed by atoms with Gasteiger partial charge in [0.15, 0.2) is 0 Å². The van der Waals surface area contributed by atoms with Gasteiger partial charge in [-0.15, -0.1) is 11.3 Å². The Kier molecular flexibility index (Phi) is 5.16. The first kappa shape index (κ1) is 16.9. The van der Waals surface area contributed by atoms with Gasteiger partial charge in [0, 0.05) is 35.6 Å². The molecule has 2 aromatic rings. The van der Waals surface area contributed by atoms with Crippen LogP contribution >= 0.6 is 11.3 Å². The summed E-state index contributed by atoms with van der Waals surface area (Å²) in [5.41, 5.74) is 1.77. The maximum atomic E-state index is 12.3. The lowest BCUT2D eigenvalue weighted by Gasteiger charge is -2.32. The number of rotatable bonds is 4. The summed E-state index contributed by atoms with van der Waals surface area (Å²) >= 11 is 1.65. The number of anilines is 1. The first-order chi connectivity index (χ1) is 11.5. The number of carbonyl (C=O) groups excluding carboxylic acids is 1. The van der Waals surface area contributed by atoms with Gasteiger partial charge in [0.25, 0.3) is 5.91 Å². The number of aryl methyl sites for hydroxylation is 2. The van der Waals surface area contributed by atoms with E-state index in [9.17, 15) is 4.79 Å². The lowest BCUT2D eigenvalue weighted by Crippen LogP contribution is -2.41. The van der Waals surface area contributed by atoms with Crippen LogP contribution in [0.25, 0.3) is 0 Å². The topological polar surface area (TPSA) is 54.5 Å². The summed E-state index contributed by atoms with van der Waals surface area (Å²) in [6.45, 7) is 9.02. The van der Waals surface area contributed by atoms with E-state index in [1.807, 2.05) is 38.2 Å². The van der Waals surface area contributed by atoms with E-state index < -0.39 is 0 Å². The highest BCUT2D eigenvalue weighted by molar-refractivity contribution is 7.12. The van der Waals surface area contributed by atoms with E-state index >= 15 is 0 Å². The third kappa shape index (κ3) is 3.94. The average molecular weight is 345 g/mol. The minimum Gasteiger partial charge on any atom is -0.375 e. The maximum absolute atomic E-state index is 12.3. The van der Waals surface area contributed by atoms with Gasteiger partial charge in [0.2, 0.25) is 0 Å². The van der Waals surface area contributed by atoms with Gasteiger partial charge in [-0.3, -0.25) is 4.79 Å². The molecule has 0 saturated carbocycles. The molecule has 1 fully saturated rings. The molecule has 1 amide bonds. The van der Waals surface area contributed by atoms with E-state index in [4.69, 9.17) is 4.74 Å². The summed E-state index contributed by atoms with van der Waals surface area (Å²) in [5.74, 6) is 0.937. The highest BCUT2D eigenvalue weighted by Crippen LogP contribution is 2.20. The summed E-state index contributed by atoms with van der Waals surface area (Å²) in [7, 11) is 0. The third-order valence-corrected chi connectivity index (χ3v) is 5.08. The maximum Gasteiger partial charge on any atom is 0.252 e. The van der Waals surface area contributed by atoms with Gasteiger partial charge in [0.05, 0.1) is 18.3 Å². The van der Waals surface area contributed by atoms with Crippen LogP contribution in [0.15, 0.2) is 24.4 Å². The Hall–Kier alpha value is -1.92. The summed E-state index contributed by atoms with van der Waals surface area (Å²) < 4.78 is 5.56. The lowest BCUT2D eigenvalue weighted by molar-refractivity contribution is 0.0529. The molecule has 3 rings (SSSR count). The van der Waals surface area contributed by atoms with E-state index in [2.05, 4.69) is 22.1 Å². The average Bonchev–Trinajstić information content (AvgIpc) is 2.91. The molecule has 128 valence electrons. The highest BCUT2D eigenvalue weighted by Gasteiger charge is 2.17.